The van der Waals surface area contributed by atoms with Crippen LogP contribution in [0.3, 0.4) is 0 Å². The Labute approximate surface area is 77.8 Å². The summed E-state index contributed by atoms with van der Waals surface area (Å²) in [6, 6.07) is 0. The van der Waals surface area contributed by atoms with Gasteiger partial charge in [-0.1, -0.05) is 0 Å². The van der Waals surface area contributed by atoms with Crippen molar-refractivity contribution in [3.05, 3.63) is 0 Å². The van der Waals surface area contributed by atoms with E-state index in [0.717, 1.165) is 0 Å². The molecule has 0 spiro atoms. The van der Waals surface area contributed by atoms with E-state index >= 15 is 0 Å². The van der Waals surface area contributed by atoms with Crippen LogP contribution in [0.1, 0.15) is 19.8 Å². The van der Waals surface area contributed by atoms with Crippen molar-refractivity contribution in [3.63, 3.8) is 0 Å². The van der Waals surface area contributed by atoms with Gasteiger partial charge in [0.1, 0.15) is 0 Å². The first kappa shape index (κ1) is 10.0. The van der Waals surface area contributed by atoms with Gasteiger partial charge in [-0.05, 0) is 13.3 Å². The Hall–Kier alpha value is -1.06. The number of nitrogens with zero attached hydrogens (tertiary/aromatic N) is 1. The monoisotopic (exact) mass is 185 g/mol. The van der Waals surface area contributed by atoms with E-state index in [4.69, 9.17) is 0 Å². The van der Waals surface area contributed by atoms with Gasteiger partial charge in [0.2, 0.25) is 5.91 Å². The Balaban J connectivity index is 2.54. The number of amides is 1. The second-order valence-electron chi connectivity index (χ2n) is 3.19. The molecule has 0 aromatic rings. The van der Waals surface area contributed by atoms with Gasteiger partial charge >= 0.3 is 5.97 Å². The Morgan fingerprint density at radius 2 is 2.38 bits per heavy atom. The molecule has 0 aromatic carbocycles. The topological polar surface area (TPSA) is 46.6 Å². The minimum atomic E-state index is -0.203. The van der Waals surface area contributed by atoms with Gasteiger partial charge in [-0.25, -0.2) is 0 Å². The maximum Gasteiger partial charge on any atom is 0.310 e. The molecule has 4 heteroatoms. The molecule has 13 heavy (non-hydrogen) atoms. The number of likely N-dealkylation sites (tertiary alicyclic amines) is 1. The summed E-state index contributed by atoms with van der Waals surface area (Å²) in [6.07, 6.45) is 1.09. The van der Waals surface area contributed by atoms with Crippen LogP contribution in [0.4, 0.5) is 0 Å². The lowest BCUT2D eigenvalue weighted by atomic mass is 9.98. The first-order valence-electron chi connectivity index (χ1n) is 4.54. The molecule has 1 fully saturated rings. The number of hydrogen-bond acceptors (Lipinski definition) is 3. The zero-order chi connectivity index (χ0) is 9.84. The maximum absolute atomic E-state index is 11.3. The second-order valence-corrected chi connectivity index (χ2v) is 3.19. The second kappa shape index (κ2) is 4.25. The van der Waals surface area contributed by atoms with Crippen LogP contribution in [-0.2, 0) is 14.3 Å². The standard InChI is InChI=1S/C9H15NO3/c1-3-10-6-7(9(12)13-2)4-5-8(10)11/h7H,3-6H2,1-2H3/t7-/m1/s1. The third-order valence-electron chi connectivity index (χ3n) is 2.42. The largest absolute Gasteiger partial charge is 0.469 e. The molecule has 1 saturated heterocycles. The molecule has 0 saturated carbocycles. The van der Waals surface area contributed by atoms with Gasteiger partial charge < -0.3 is 9.64 Å². The quantitative estimate of drug-likeness (QED) is 0.586. The van der Waals surface area contributed by atoms with Crippen molar-refractivity contribution in [2.45, 2.75) is 19.8 Å². The number of methoxy groups -OCH3 is 1. The average molecular weight is 185 g/mol. The molecule has 1 atom stereocenters. The SMILES string of the molecule is CCN1C[C@H](C(=O)OC)CCC1=O. The average Bonchev–Trinajstić information content (AvgIpc) is 2.17. The Morgan fingerprint density at radius 1 is 1.69 bits per heavy atom. The predicted molar refractivity (Wildman–Crippen MR) is 47.0 cm³/mol. The molecule has 0 N–H and O–H groups in total. The first-order valence-corrected chi connectivity index (χ1v) is 4.54. The number of ether oxygens (including phenoxy) is 1. The van der Waals surface area contributed by atoms with Crippen molar-refractivity contribution in [3.8, 4) is 0 Å². The fraction of sp³-hybridized carbons (Fsp3) is 0.778. The zero-order valence-electron chi connectivity index (χ0n) is 8.08. The van der Waals surface area contributed by atoms with Crippen molar-refractivity contribution >= 4 is 11.9 Å². The molecule has 0 aromatic heterocycles. The third-order valence-corrected chi connectivity index (χ3v) is 2.42. The number of hydrogen-bond donors (Lipinski definition) is 0. The maximum atomic E-state index is 11.3. The van der Waals surface area contributed by atoms with Crippen molar-refractivity contribution in [2.75, 3.05) is 20.2 Å². The summed E-state index contributed by atoms with van der Waals surface area (Å²) in [5.74, 6) is -0.184. The van der Waals surface area contributed by atoms with Crippen LogP contribution >= 0.6 is 0 Å². The summed E-state index contributed by atoms with van der Waals surface area (Å²) in [7, 11) is 1.38. The van der Waals surface area contributed by atoms with Crippen LogP contribution in [0, 0.1) is 5.92 Å². The molecule has 0 unspecified atom stereocenters. The van der Waals surface area contributed by atoms with E-state index in [-0.39, 0.29) is 17.8 Å². The third kappa shape index (κ3) is 2.20. The highest BCUT2D eigenvalue weighted by Crippen LogP contribution is 2.18. The molecule has 0 bridgehead atoms. The van der Waals surface area contributed by atoms with Crippen LogP contribution in [0.2, 0.25) is 0 Å². The van der Waals surface area contributed by atoms with Gasteiger partial charge in [0.25, 0.3) is 0 Å². The number of piperidine rings is 1. The minimum Gasteiger partial charge on any atom is -0.469 e. The van der Waals surface area contributed by atoms with Crippen LogP contribution in [-0.4, -0.2) is 37.0 Å². The number of rotatable bonds is 2. The molecule has 1 aliphatic heterocycles. The molecule has 1 amide bonds. The van der Waals surface area contributed by atoms with Crippen molar-refractivity contribution < 1.29 is 14.3 Å². The number of carbonyl (C=O) groups excluding carboxylic acids is 2. The lowest BCUT2D eigenvalue weighted by Gasteiger charge is -2.30. The van der Waals surface area contributed by atoms with E-state index in [0.29, 0.717) is 25.9 Å². The van der Waals surface area contributed by atoms with Crippen LogP contribution in [0.5, 0.6) is 0 Å². The molecule has 1 rings (SSSR count). The molecule has 4 nitrogen and oxygen atoms in total. The summed E-state index contributed by atoms with van der Waals surface area (Å²) >= 11 is 0. The van der Waals surface area contributed by atoms with E-state index in [2.05, 4.69) is 4.74 Å². The van der Waals surface area contributed by atoms with Gasteiger partial charge in [0.15, 0.2) is 0 Å². The van der Waals surface area contributed by atoms with Crippen molar-refractivity contribution in [2.24, 2.45) is 5.92 Å². The van der Waals surface area contributed by atoms with Crippen molar-refractivity contribution in [1.29, 1.82) is 0 Å². The summed E-state index contributed by atoms with van der Waals surface area (Å²) in [6.45, 7) is 3.10. The van der Waals surface area contributed by atoms with E-state index in [1.54, 1.807) is 4.90 Å². The summed E-state index contributed by atoms with van der Waals surface area (Å²) < 4.78 is 4.64. The van der Waals surface area contributed by atoms with Gasteiger partial charge in [-0.2, -0.15) is 0 Å². The molecular weight excluding hydrogens is 170 g/mol. The van der Waals surface area contributed by atoms with Crippen molar-refractivity contribution in [1.82, 2.24) is 4.90 Å². The molecule has 1 heterocycles. The highest BCUT2D eigenvalue weighted by molar-refractivity contribution is 5.81. The van der Waals surface area contributed by atoms with Gasteiger partial charge in [-0.15, -0.1) is 0 Å². The summed E-state index contributed by atoms with van der Waals surface area (Å²) in [5, 5.41) is 0. The van der Waals surface area contributed by atoms with Gasteiger partial charge in [0, 0.05) is 19.5 Å². The minimum absolute atomic E-state index is 0.123. The van der Waals surface area contributed by atoms with Crippen LogP contribution in [0.25, 0.3) is 0 Å². The van der Waals surface area contributed by atoms with Gasteiger partial charge in [-0.3, -0.25) is 9.59 Å². The fourth-order valence-corrected chi connectivity index (χ4v) is 1.58. The summed E-state index contributed by atoms with van der Waals surface area (Å²) in [4.78, 5) is 24.1. The van der Waals surface area contributed by atoms with Gasteiger partial charge in [0.05, 0.1) is 13.0 Å². The van der Waals surface area contributed by atoms with Crippen LogP contribution < -0.4 is 0 Å². The first-order chi connectivity index (χ1) is 6.19. The number of carbonyl (C=O) groups is 2. The predicted octanol–water partition coefficient (Wildman–Crippen LogP) is 0.418. The number of esters is 1. The molecule has 74 valence electrons. The van der Waals surface area contributed by atoms with E-state index in [1.807, 2.05) is 6.92 Å². The normalized spacial score (nSPS) is 23.1. The lowest BCUT2D eigenvalue weighted by Crippen LogP contribution is -2.42. The fourth-order valence-electron chi connectivity index (χ4n) is 1.58. The van der Waals surface area contributed by atoms with E-state index < -0.39 is 0 Å². The van der Waals surface area contributed by atoms with E-state index in [1.165, 1.54) is 7.11 Å². The Kier molecular flexibility index (Phi) is 3.28. The Bertz CT molecular complexity index is 215. The lowest BCUT2D eigenvalue weighted by molar-refractivity contribution is -0.150. The Morgan fingerprint density at radius 3 is 2.92 bits per heavy atom. The zero-order valence-corrected chi connectivity index (χ0v) is 8.08. The highest BCUT2D eigenvalue weighted by Gasteiger charge is 2.29. The van der Waals surface area contributed by atoms with Crippen LogP contribution in [0.15, 0.2) is 0 Å². The molecule has 1 aliphatic rings. The smallest absolute Gasteiger partial charge is 0.310 e. The molecule has 0 aliphatic carbocycles. The van der Waals surface area contributed by atoms with E-state index in [9.17, 15) is 9.59 Å². The molecule has 0 radical (unpaired) electrons. The highest BCUT2D eigenvalue weighted by atomic mass is 16.5. The summed E-state index contributed by atoms with van der Waals surface area (Å²) in [5.41, 5.74) is 0. The molecular formula is C9H15NO3.